The Morgan fingerprint density at radius 1 is 1.80 bits per heavy atom. The van der Waals surface area contributed by atoms with Crippen LogP contribution in [0.2, 0.25) is 0 Å². The van der Waals surface area contributed by atoms with Gasteiger partial charge in [0.2, 0.25) is 0 Å². The van der Waals surface area contributed by atoms with Gasteiger partial charge in [0.05, 0.1) is 6.33 Å². The SMILES string of the molecule is CC[C@H]1C/C(=C\F)CN1C. The van der Waals surface area contributed by atoms with E-state index < -0.39 is 0 Å². The number of likely N-dealkylation sites (tertiary alicyclic amines) is 1. The fourth-order valence-electron chi connectivity index (χ4n) is 1.51. The first-order chi connectivity index (χ1) is 4.77. The average Bonchev–Trinajstić information content (AvgIpc) is 2.30. The maximum absolute atomic E-state index is 12.0. The molecule has 10 heavy (non-hydrogen) atoms. The Balaban J connectivity index is 2.52. The lowest BCUT2D eigenvalue weighted by atomic mass is 10.1. The fourth-order valence-corrected chi connectivity index (χ4v) is 1.51. The van der Waals surface area contributed by atoms with Gasteiger partial charge >= 0.3 is 0 Å². The highest BCUT2D eigenvalue weighted by Gasteiger charge is 2.22. The third-order valence-electron chi connectivity index (χ3n) is 2.20. The van der Waals surface area contributed by atoms with Gasteiger partial charge in [0, 0.05) is 12.6 Å². The molecule has 1 aliphatic rings. The predicted octanol–water partition coefficient (Wildman–Crippen LogP) is 1.95. The summed E-state index contributed by atoms with van der Waals surface area (Å²) >= 11 is 0. The second kappa shape index (κ2) is 3.15. The van der Waals surface area contributed by atoms with E-state index in [1.54, 1.807) is 0 Å². The quantitative estimate of drug-likeness (QED) is 0.542. The zero-order valence-electron chi connectivity index (χ0n) is 6.60. The number of likely N-dealkylation sites (N-methyl/N-ethyl adjacent to an activating group) is 1. The zero-order chi connectivity index (χ0) is 7.56. The van der Waals surface area contributed by atoms with E-state index in [-0.39, 0.29) is 0 Å². The van der Waals surface area contributed by atoms with E-state index in [2.05, 4.69) is 11.8 Å². The summed E-state index contributed by atoms with van der Waals surface area (Å²) in [5.41, 5.74) is 0.939. The molecule has 1 rings (SSSR count). The highest BCUT2D eigenvalue weighted by molar-refractivity contribution is 5.09. The van der Waals surface area contributed by atoms with Crippen LogP contribution >= 0.6 is 0 Å². The lowest BCUT2D eigenvalue weighted by Crippen LogP contribution is -2.23. The summed E-state index contributed by atoms with van der Waals surface area (Å²) in [6.07, 6.45) is 2.80. The fraction of sp³-hybridized carbons (Fsp3) is 0.750. The Labute approximate surface area is 61.5 Å². The van der Waals surface area contributed by atoms with Gasteiger partial charge in [-0.3, -0.25) is 4.90 Å². The Morgan fingerprint density at radius 3 is 2.80 bits per heavy atom. The molecule has 0 saturated carbocycles. The van der Waals surface area contributed by atoms with Crippen molar-refractivity contribution in [2.75, 3.05) is 13.6 Å². The second-order valence-electron chi connectivity index (χ2n) is 2.95. The molecule has 0 unspecified atom stereocenters. The van der Waals surface area contributed by atoms with Crippen LogP contribution in [0.15, 0.2) is 11.9 Å². The lowest BCUT2D eigenvalue weighted by Gasteiger charge is -2.15. The largest absolute Gasteiger partial charge is 0.299 e. The van der Waals surface area contributed by atoms with Gasteiger partial charge < -0.3 is 0 Å². The zero-order valence-corrected chi connectivity index (χ0v) is 6.60. The van der Waals surface area contributed by atoms with E-state index in [9.17, 15) is 4.39 Å². The monoisotopic (exact) mass is 143 g/mol. The highest BCUT2D eigenvalue weighted by Crippen LogP contribution is 2.22. The van der Waals surface area contributed by atoms with Crippen molar-refractivity contribution in [1.82, 2.24) is 4.90 Å². The molecule has 0 bridgehead atoms. The molecule has 0 aromatic rings. The number of rotatable bonds is 1. The smallest absolute Gasteiger partial charge is 0.0872 e. The van der Waals surface area contributed by atoms with Crippen LogP contribution in [0.25, 0.3) is 0 Å². The third kappa shape index (κ3) is 1.37. The third-order valence-corrected chi connectivity index (χ3v) is 2.20. The van der Waals surface area contributed by atoms with Crippen LogP contribution in [0.4, 0.5) is 4.39 Å². The van der Waals surface area contributed by atoms with Gasteiger partial charge in [-0.1, -0.05) is 6.92 Å². The standard InChI is InChI=1S/C8H14FN/c1-3-8-4-7(5-9)6-10(8)2/h5,8H,3-4,6H2,1-2H3/b7-5+/t8-/m0/s1. The maximum atomic E-state index is 12.0. The summed E-state index contributed by atoms with van der Waals surface area (Å²) in [5, 5.41) is 0. The minimum atomic E-state index is 0.571. The van der Waals surface area contributed by atoms with Gasteiger partial charge in [-0.15, -0.1) is 0 Å². The molecule has 1 aliphatic heterocycles. The summed E-state index contributed by atoms with van der Waals surface area (Å²) in [6.45, 7) is 2.96. The average molecular weight is 143 g/mol. The summed E-state index contributed by atoms with van der Waals surface area (Å²) in [4.78, 5) is 2.20. The molecular formula is C8H14FN. The maximum Gasteiger partial charge on any atom is 0.0872 e. The van der Waals surface area contributed by atoms with Crippen LogP contribution < -0.4 is 0 Å². The van der Waals surface area contributed by atoms with Crippen molar-refractivity contribution in [3.8, 4) is 0 Å². The van der Waals surface area contributed by atoms with E-state index in [1.165, 1.54) is 0 Å². The van der Waals surface area contributed by atoms with E-state index in [4.69, 9.17) is 0 Å². The van der Waals surface area contributed by atoms with E-state index in [0.717, 1.165) is 31.3 Å². The lowest BCUT2D eigenvalue weighted by molar-refractivity contribution is 0.305. The topological polar surface area (TPSA) is 3.24 Å². The van der Waals surface area contributed by atoms with Crippen LogP contribution in [0, 0.1) is 0 Å². The Kier molecular flexibility index (Phi) is 2.44. The summed E-state index contributed by atoms with van der Waals surface area (Å²) in [6, 6.07) is 0.571. The van der Waals surface area contributed by atoms with Gasteiger partial charge in [0.15, 0.2) is 0 Å². The first kappa shape index (κ1) is 7.73. The Hall–Kier alpha value is -0.370. The molecule has 1 heterocycles. The van der Waals surface area contributed by atoms with Crippen molar-refractivity contribution < 1.29 is 4.39 Å². The second-order valence-corrected chi connectivity index (χ2v) is 2.95. The molecular weight excluding hydrogens is 129 g/mol. The highest BCUT2D eigenvalue weighted by atomic mass is 19.1. The minimum absolute atomic E-state index is 0.571. The van der Waals surface area contributed by atoms with Crippen molar-refractivity contribution in [1.29, 1.82) is 0 Å². The minimum Gasteiger partial charge on any atom is -0.299 e. The van der Waals surface area contributed by atoms with E-state index >= 15 is 0 Å². The van der Waals surface area contributed by atoms with Gasteiger partial charge in [-0.25, -0.2) is 4.39 Å². The molecule has 1 nitrogen and oxygen atoms in total. The van der Waals surface area contributed by atoms with Crippen LogP contribution in [0.3, 0.4) is 0 Å². The van der Waals surface area contributed by atoms with E-state index in [1.807, 2.05) is 7.05 Å². The van der Waals surface area contributed by atoms with Crippen molar-refractivity contribution >= 4 is 0 Å². The van der Waals surface area contributed by atoms with Gasteiger partial charge in [0.25, 0.3) is 0 Å². The molecule has 0 radical (unpaired) electrons. The first-order valence-electron chi connectivity index (χ1n) is 3.76. The predicted molar refractivity (Wildman–Crippen MR) is 40.5 cm³/mol. The van der Waals surface area contributed by atoms with E-state index in [0.29, 0.717) is 6.04 Å². The molecule has 0 aromatic heterocycles. The Morgan fingerprint density at radius 2 is 2.50 bits per heavy atom. The number of hydrogen-bond donors (Lipinski definition) is 0. The van der Waals surface area contributed by atoms with Crippen molar-refractivity contribution in [3.05, 3.63) is 11.9 Å². The van der Waals surface area contributed by atoms with Crippen LogP contribution in [-0.4, -0.2) is 24.5 Å². The molecule has 0 amide bonds. The number of halogens is 1. The molecule has 1 atom stereocenters. The summed E-state index contributed by atoms with van der Waals surface area (Å²) in [7, 11) is 2.05. The Bertz CT molecular complexity index is 142. The van der Waals surface area contributed by atoms with Crippen LogP contribution in [0.1, 0.15) is 19.8 Å². The molecule has 0 spiro atoms. The normalized spacial score (nSPS) is 31.9. The molecule has 0 N–H and O–H groups in total. The van der Waals surface area contributed by atoms with Gasteiger partial charge in [-0.2, -0.15) is 0 Å². The first-order valence-corrected chi connectivity index (χ1v) is 3.76. The molecule has 1 fully saturated rings. The summed E-state index contributed by atoms with van der Waals surface area (Å²) < 4.78 is 12.0. The number of hydrogen-bond acceptors (Lipinski definition) is 1. The summed E-state index contributed by atoms with van der Waals surface area (Å²) in [5.74, 6) is 0. The molecule has 58 valence electrons. The van der Waals surface area contributed by atoms with Crippen molar-refractivity contribution in [2.45, 2.75) is 25.8 Å². The van der Waals surface area contributed by atoms with Gasteiger partial charge in [0.1, 0.15) is 0 Å². The number of nitrogens with zero attached hydrogens (tertiary/aromatic N) is 1. The van der Waals surface area contributed by atoms with Crippen molar-refractivity contribution in [3.63, 3.8) is 0 Å². The molecule has 0 aromatic carbocycles. The van der Waals surface area contributed by atoms with Gasteiger partial charge in [-0.05, 0) is 25.5 Å². The van der Waals surface area contributed by atoms with Crippen LogP contribution in [-0.2, 0) is 0 Å². The molecule has 1 saturated heterocycles. The van der Waals surface area contributed by atoms with Crippen molar-refractivity contribution in [2.24, 2.45) is 0 Å². The van der Waals surface area contributed by atoms with Crippen LogP contribution in [0.5, 0.6) is 0 Å². The molecule has 2 heteroatoms. The molecule has 0 aliphatic carbocycles.